The molecule has 0 radical (unpaired) electrons. The predicted molar refractivity (Wildman–Crippen MR) is 317 cm³/mol. The van der Waals surface area contributed by atoms with Gasteiger partial charge in [0.1, 0.15) is 12.4 Å². The lowest BCUT2D eigenvalue weighted by atomic mass is 9.93. The fourth-order valence-electron chi connectivity index (χ4n) is 12.3. The van der Waals surface area contributed by atoms with Gasteiger partial charge in [-0.2, -0.15) is 0 Å². The van der Waals surface area contributed by atoms with Gasteiger partial charge >= 0.3 is 0 Å². The Morgan fingerprint density at radius 3 is 1.08 bits per heavy atom. The molecule has 2 saturated heterocycles. The first-order chi connectivity index (χ1) is 40.8. The number of ether oxygens (including phenoxy) is 4. The predicted octanol–water partition coefficient (Wildman–Crippen LogP) is 7.62. The van der Waals surface area contributed by atoms with E-state index >= 15 is 4.79 Å². The van der Waals surface area contributed by atoms with Crippen molar-refractivity contribution in [2.45, 2.75) is 101 Å². The molecule has 0 aromatic heterocycles. The topological polar surface area (TPSA) is 194 Å². The molecule has 16 heteroatoms. The van der Waals surface area contributed by atoms with Gasteiger partial charge in [0.25, 0.3) is 11.8 Å². The molecule has 5 aromatic rings. The lowest BCUT2D eigenvalue weighted by Crippen LogP contribution is -2.43. The van der Waals surface area contributed by atoms with Gasteiger partial charge in [0.2, 0.25) is 23.6 Å². The van der Waals surface area contributed by atoms with Crippen LogP contribution in [0.3, 0.4) is 0 Å². The first-order valence-corrected chi connectivity index (χ1v) is 30.3. The molecule has 11 rings (SSSR count). The minimum absolute atomic E-state index is 0.00860. The average Bonchev–Trinajstić information content (AvgIpc) is 4.39. The van der Waals surface area contributed by atoms with Gasteiger partial charge in [-0.05, 0) is 78.0 Å². The van der Waals surface area contributed by atoms with Crippen LogP contribution in [0.2, 0.25) is 0 Å². The van der Waals surface area contributed by atoms with Gasteiger partial charge in [0.05, 0.1) is 62.3 Å². The van der Waals surface area contributed by atoms with E-state index in [-0.39, 0.29) is 140 Å². The maximum absolute atomic E-state index is 15.0. The summed E-state index contributed by atoms with van der Waals surface area (Å²) in [6, 6.07) is 44.5. The summed E-state index contributed by atoms with van der Waals surface area (Å²) < 4.78 is 23.7. The van der Waals surface area contributed by atoms with Crippen LogP contribution >= 0.6 is 0 Å². The first-order valence-electron chi connectivity index (χ1n) is 30.3. The lowest BCUT2D eigenvalue weighted by Gasteiger charge is -2.21. The van der Waals surface area contributed by atoms with E-state index in [4.69, 9.17) is 18.9 Å². The second kappa shape index (κ2) is 26.3. The van der Waals surface area contributed by atoms with Crippen molar-refractivity contribution >= 4 is 35.4 Å². The minimum atomic E-state index is -0.825. The molecule has 0 bridgehead atoms. The van der Waals surface area contributed by atoms with Crippen LogP contribution in [0.4, 0.5) is 0 Å². The number of hydrogen-bond donors (Lipinski definition) is 4. The summed E-state index contributed by atoms with van der Waals surface area (Å²) in [5.41, 5.74) is 5.09. The van der Waals surface area contributed by atoms with Gasteiger partial charge in [-0.3, -0.25) is 28.8 Å². The first kappa shape index (κ1) is 58.4. The van der Waals surface area contributed by atoms with Crippen molar-refractivity contribution < 1.29 is 47.7 Å². The largest absolute Gasteiger partial charge is 0.490 e. The molecular formula is C68H80N6O10. The third-order valence-electron chi connectivity index (χ3n) is 17.6. The molecule has 6 aliphatic rings. The fraction of sp³-hybridized carbons (Fsp3) is 0.471. The third kappa shape index (κ3) is 14.7. The highest BCUT2D eigenvalue weighted by atomic mass is 16.6. The highest BCUT2D eigenvalue weighted by Crippen LogP contribution is 2.45. The molecule has 442 valence electrons. The molecule has 5 aromatic carbocycles. The quantitative estimate of drug-likeness (QED) is 0.0401. The summed E-state index contributed by atoms with van der Waals surface area (Å²) in [5.74, 6) is -4.46. The Balaban J connectivity index is 0.794. The molecule has 4 saturated carbocycles. The van der Waals surface area contributed by atoms with Crippen LogP contribution in [-0.2, 0) is 33.4 Å². The van der Waals surface area contributed by atoms with E-state index in [1.165, 1.54) is 6.07 Å². The number of nitrogens with zero attached hydrogens (tertiary/aromatic N) is 2. The number of hydrogen-bond acceptors (Lipinski definition) is 10. The van der Waals surface area contributed by atoms with Crippen molar-refractivity contribution in [3.8, 4) is 5.75 Å². The van der Waals surface area contributed by atoms with Crippen molar-refractivity contribution in [1.29, 1.82) is 0 Å². The number of benzene rings is 5. The van der Waals surface area contributed by atoms with Crippen LogP contribution in [0.5, 0.6) is 5.75 Å². The van der Waals surface area contributed by atoms with E-state index in [0.29, 0.717) is 26.4 Å². The number of carbonyl (C=O) groups excluding carboxylic acids is 6. The van der Waals surface area contributed by atoms with Crippen molar-refractivity contribution in [3.05, 3.63) is 173 Å². The second-order valence-corrected chi connectivity index (χ2v) is 25.0. The Labute approximate surface area is 493 Å². The summed E-state index contributed by atoms with van der Waals surface area (Å²) in [6.45, 7) is 8.87. The monoisotopic (exact) mass is 1140 g/mol. The molecule has 4 aliphatic carbocycles. The average molecular weight is 1140 g/mol. The van der Waals surface area contributed by atoms with Crippen LogP contribution in [0, 0.1) is 29.1 Å². The molecular weight excluding hydrogens is 1060 g/mol. The van der Waals surface area contributed by atoms with E-state index in [9.17, 15) is 24.0 Å². The SMILES string of the molecule is CC(C)(C)CCOCCOCCOCCOc1cc(C(=O)N2C[C@@H](C(=O)N[C@H]3C[C@@H]3c3ccccc3)[C@H](C(=O)N[C@H]3C[C@@H]3c3ccccc3)C2)ccc1C(=O)N1C[C@@H](C(=O)N[C@H]2C[C@@H]2c2ccccc2)[C@H](C(=O)N[C@H]2C[C@@H]2c2ccccc2)C1. The fourth-order valence-corrected chi connectivity index (χ4v) is 12.3. The Bertz CT molecular complexity index is 2960. The zero-order valence-corrected chi connectivity index (χ0v) is 48.5. The van der Waals surface area contributed by atoms with Gasteiger partial charge in [-0.1, -0.05) is 142 Å². The van der Waals surface area contributed by atoms with Crippen molar-refractivity contribution in [1.82, 2.24) is 31.1 Å². The number of nitrogens with one attached hydrogen (secondary N) is 4. The summed E-state index contributed by atoms with van der Waals surface area (Å²) in [6.07, 6.45) is 4.08. The van der Waals surface area contributed by atoms with Crippen LogP contribution < -0.4 is 26.0 Å². The van der Waals surface area contributed by atoms with Gasteiger partial charge in [0, 0.05) is 86.2 Å². The van der Waals surface area contributed by atoms with Gasteiger partial charge in [0.15, 0.2) is 0 Å². The van der Waals surface area contributed by atoms with Gasteiger partial charge in [-0.15, -0.1) is 0 Å². The number of likely N-dealkylation sites (tertiary alicyclic amines) is 2. The Morgan fingerprint density at radius 2 is 0.738 bits per heavy atom. The third-order valence-corrected chi connectivity index (χ3v) is 17.6. The molecule has 84 heavy (non-hydrogen) atoms. The molecule has 0 unspecified atom stereocenters. The Kier molecular flexibility index (Phi) is 18.2. The number of amides is 6. The Morgan fingerprint density at radius 1 is 0.417 bits per heavy atom. The lowest BCUT2D eigenvalue weighted by molar-refractivity contribution is -0.133. The van der Waals surface area contributed by atoms with Crippen molar-refractivity contribution in [2.24, 2.45) is 29.1 Å². The molecule has 4 N–H and O–H groups in total. The van der Waals surface area contributed by atoms with Crippen molar-refractivity contribution in [3.63, 3.8) is 0 Å². The van der Waals surface area contributed by atoms with E-state index in [1.54, 1.807) is 21.9 Å². The molecule has 6 amide bonds. The zero-order valence-electron chi connectivity index (χ0n) is 48.5. The molecule has 2 aliphatic heterocycles. The highest BCUT2D eigenvalue weighted by molar-refractivity contribution is 6.02. The highest BCUT2D eigenvalue weighted by Gasteiger charge is 2.51. The molecule has 6 fully saturated rings. The minimum Gasteiger partial charge on any atom is -0.490 e. The number of rotatable bonds is 26. The van der Waals surface area contributed by atoms with Crippen LogP contribution in [0.15, 0.2) is 140 Å². The molecule has 0 spiro atoms. The van der Waals surface area contributed by atoms with E-state index < -0.39 is 35.5 Å². The van der Waals surface area contributed by atoms with E-state index in [0.717, 1.165) is 54.4 Å². The van der Waals surface area contributed by atoms with Crippen LogP contribution in [-0.4, -0.2) is 142 Å². The van der Waals surface area contributed by atoms with Crippen LogP contribution in [0.1, 0.15) is 120 Å². The smallest absolute Gasteiger partial charge is 0.257 e. The summed E-state index contributed by atoms with van der Waals surface area (Å²) in [4.78, 5) is 90.3. The molecule has 16 nitrogen and oxygen atoms in total. The number of carbonyl (C=O) groups is 6. The standard InChI is InChI=1S/C68H80N6O10/c1-68(2,3)26-27-81-28-29-82-30-31-83-32-33-84-61-34-47(66(79)73-39-53(62(75)69-57-35-49(57)43-16-8-4-9-17-43)54(40-73)63(76)70-58-36-50(58)44-18-10-5-11-19-44)24-25-48(61)67(80)74-41-55(64(77)71-59-37-51(59)45-20-12-6-13-21-45)56(42-74)65(78)72-60-38-52(60)46-22-14-7-15-23-46/h4-25,34,49-60H,26-33,35-42H2,1-3H3,(H,69,75)(H,70,76)(H,71,77)(H,72,78)/t49-,50-,51-,52-,53-,54-,55-,56-,57+,58+,59+,60+/m1/s1. The summed E-state index contributed by atoms with van der Waals surface area (Å²) in [5, 5.41) is 12.9. The maximum Gasteiger partial charge on any atom is 0.257 e. The van der Waals surface area contributed by atoms with Crippen LogP contribution in [0.25, 0.3) is 0 Å². The Hall–Kier alpha value is -7.40. The van der Waals surface area contributed by atoms with Gasteiger partial charge in [-0.25, -0.2) is 0 Å². The summed E-state index contributed by atoms with van der Waals surface area (Å²) >= 11 is 0. The molecule has 2 heterocycles. The molecule has 12 atom stereocenters. The normalized spacial score (nSPS) is 26.4. The maximum atomic E-state index is 15.0. The van der Waals surface area contributed by atoms with E-state index in [2.05, 4.69) is 90.6 Å². The van der Waals surface area contributed by atoms with E-state index in [1.807, 2.05) is 72.8 Å². The summed E-state index contributed by atoms with van der Waals surface area (Å²) in [7, 11) is 0. The zero-order chi connectivity index (χ0) is 58.3. The second-order valence-electron chi connectivity index (χ2n) is 25.0. The van der Waals surface area contributed by atoms with Crippen molar-refractivity contribution in [2.75, 3.05) is 72.4 Å². The van der Waals surface area contributed by atoms with Gasteiger partial charge < -0.3 is 50.0 Å².